The first-order chi connectivity index (χ1) is 10.7. The molecular formula is C16H18Cl2N4. The molecule has 116 valence electrons. The number of halogens is 2. The van der Waals surface area contributed by atoms with Gasteiger partial charge in [0.2, 0.25) is 0 Å². The molecule has 0 radical (unpaired) electrons. The van der Waals surface area contributed by atoms with E-state index in [-0.39, 0.29) is 0 Å². The highest BCUT2D eigenvalue weighted by Gasteiger charge is 2.13. The standard InChI is InChI=1S/C16H18Cl2N4/c17-12-6-5-7-13(18)16(12)21-14-10-15(20-11-19-14)22-8-3-1-2-4-9-22/h5-7,10-11H,1-4,8-9H2,(H,19,20,21). The van der Waals surface area contributed by atoms with Crippen molar-refractivity contribution in [1.82, 2.24) is 9.97 Å². The summed E-state index contributed by atoms with van der Waals surface area (Å²) >= 11 is 12.4. The first kappa shape index (κ1) is 15.4. The van der Waals surface area contributed by atoms with Crippen molar-refractivity contribution in [1.29, 1.82) is 0 Å². The highest BCUT2D eigenvalue weighted by atomic mass is 35.5. The second-order valence-electron chi connectivity index (χ2n) is 5.38. The fourth-order valence-electron chi connectivity index (χ4n) is 2.63. The summed E-state index contributed by atoms with van der Waals surface area (Å²) in [4.78, 5) is 11.0. The second-order valence-corrected chi connectivity index (χ2v) is 6.20. The molecule has 1 saturated heterocycles. The molecule has 0 saturated carbocycles. The molecule has 1 N–H and O–H groups in total. The Labute approximate surface area is 140 Å². The average molecular weight is 337 g/mol. The minimum absolute atomic E-state index is 0.572. The first-order valence-corrected chi connectivity index (χ1v) is 8.27. The molecule has 0 atom stereocenters. The van der Waals surface area contributed by atoms with Crippen LogP contribution in [0, 0.1) is 0 Å². The first-order valence-electron chi connectivity index (χ1n) is 7.52. The van der Waals surface area contributed by atoms with Crippen LogP contribution in [0.1, 0.15) is 25.7 Å². The molecule has 1 aromatic heterocycles. The number of rotatable bonds is 3. The zero-order chi connectivity index (χ0) is 15.4. The topological polar surface area (TPSA) is 41.0 Å². The zero-order valence-corrected chi connectivity index (χ0v) is 13.7. The van der Waals surface area contributed by atoms with Crippen LogP contribution in [-0.4, -0.2) is 23.1 Å². The van der Waals surface area contributed by atoms with E-state index < -0.39 is 0 Å². The lowest BCUT2D eigenvalue weighted by molar-refractivity contribution is 0.726. The predicted octanol–water partition coefficient (Wildman–Crippen LogP) is 4.91. The Morgan fingerprint density at radius 1 is 0.955 bits per heavy atom. The summed E-state index contributed by atoms with van der Waals surface area (Å²) < 4.78 is 0. The molecule has 2 aromatic rings. The number of anilines is 3. The van der Waals surface area contributed by atoms with Gasteiger partial charge in [0.25, 0.3) is 0 Å². The van der Waals surface area contributed by atoms with E-state index in [0.29, 0.717) is 21.6 Å². The highest BCUT2D eigenvalue weighted by molar-refractivity contribution is 6.39. The molecule has 6 heteroatoms. The fourth-order valence-corrected chi connectivity index (χ4v) is 3.13. The molecule has 1 aliphatic rings. The predicted molar refractivity (Wildman–Crippen MR) is 92.5 cm³/mol. The fraction of sp³-hybridized carbons (Fsp3) is 0.375. The van der Waals surface area contributed by atoms with Crippen LogP contribution < -0.4 is 10.2 Å². The Balaban J connectivity index is 1.82. The number of nitrogens with one attached hydrogen (secondary N) is 1. The zero-order valence-electron chi connectivity index (χ0n) is 12.2. The van der Waals surface area contributed by atoms with Gasteiger partial charge in [-0.15, -0.1) is 0 Å². The minimum atomic E-state index is 0.572. The van der Waals surface area contributed by atoms with Crippen molar-refractivity contribution >= 4 is 40.5 Å². The van der Waals surface area contributed by atoms with Gasteiger partial charge >= 0.3 is 0 Å². The highest BCUT2D eigenvalue weighted by Crippen LogP contribution is 2.32. The number of hydrogen-bond acceptors (Lipinski definition) is 4. The van der Waals surface area contributed by atoms with Crippen molar-refractivity contribution in [2.75, 3.05) is 23.3 Å². The van der Waals surface area contributed by atoms with Crippen molar-refractivity contribution in [3.8, 4) is 0 Å². The Morgan fingerprint density at radius 2 is 1.64 bits per heavy atom. The quantitative estimate of drug-likeness (QED) is 0.864. The van der Waals surface area contributed by atoms with Crippen molar-refractivity contribution < 1.29 is 0 Å². The van der Waals surface area contributed by atoms with Gasteiger partial charge in [-0.3, -0.25) is 0 Å². The van der Waals surface area contributed by atoms with Crippen LogP contribution in [0.15, 0.2) is 30.6 Å². The maximum absolute atomic E-state index is 6.19. The van der Waals surface area contributed by atoms with Gasteiger partial charge in [0, 0.05) is 19.2 Å². The molecule has 0 amide bonds. The van der Waals surface area contributed by atoms with Crippen LogP contribution in [0.2, 0.25) is 10.0 Å². The molecule has 0 spiro atoms. The third kappa shape index (κ3) is 3.62. The number of aromatic nitrogens is 2. The lowest BCUT2D eigenvalue weighted by Gasteiger charge is -2.21. The third-order valence-electron chi connectivity index (χ3n) is 3.80. The van der Waals surface area contributed by atoms with E-state index in [1.165, 1.54) is 25.7 Å². The van der Waals surface area contributed by atoms with Gasteiger partial charge in [-0.05, 0) is 25.0 Å². The molecule has 1 aliphatic heterocycles. The SMILES string of the molecule is Clc1cccc(Cl)c1Nc1cc(N2CCCCCC2)ncn1. The van der Waals surface area contributed by atoms with E-state index in [1.54, 1.807) is 18.5 Å². The van der Waals surface area contributed by atoms with Crippen LogP contribution in [0.3, 0.4) is 0 Å². The van der Waals surface area contributed by atoms with E-state index in [0.717, 1.165) is 18.9 Å². The summed E-state index contributed by atoms with van der Waals surface area (Å²) in [6.07, 6.45) is 6.59. The van der Waals surface area contributed by atoms with Crippen LogP contribution >= 0.6 is 23.2 Å². The monoisotopic (exact) mass is 336 g/mol. The maximum atomic E-state index is 6.19. The molecule has 0 aliphatic carbocycles. The molecular weight excluding hydrogens is 319 g/mol. The average Bonchev–Trinajstić information content (AvgIpc) is 2.81. The van der Waals surface area contributed by atoms with Gasteiger partial charge in [0.05, 0.1) is 15.7 Å². The van der Waals surface area contributed by atoms with Crippen LogP contribution in [0.4, 0.5) is 17.3 Å². The van der Waals surface area contributed by atoms with E-state index in [4.69, 9.17) is 23.2 Å². The lowest BCUT2D eigenvalue weighted by atomic mass is 10.2. The molecule has 1 aromatic carbocycles. The van der Waals surface area contributed by atoms with Crippen molar-refractivity contribution in [2.24, 2.45) is 0 Å². The Hall–Kier alpha value is -1.52. The van der Waals surface area contributed by atoms with Gasteiger partial charge < -0.3 is 10.2 Å². The Kier molecular flexibility index (Phi) is 5.01. The van der Waals surface area contributed by atoms with Gasteiger partial charge in [-0.25, -0.2) is 9.97 Å². The van der Waals surface area contributed by atoms with Crippen molar-refractivity contribution in [3.63, 3.8) is 0 Å². The number of nitrogens with zero attached hydrogens (tertiary/aromatic N) is 3. The van der Waals surface area contributed by atoms with Gasteiger partial charge in [0.1, 0.15) is 18.0 Å². The number of benzene rings is 1. The summed E-state index contributed by atoms with van der Waals surface area (Å²) in [5.41, 5.74) is 0.673. The Morgan fingerprint density at radius 3 is 2.32 bits per heavy atom. The van der Waals surface area contributed by atoms with Crippen molar-refractivity contribution in [2.45, 2.75) is 25.7 Å². The van der Waals surface area contributed by atoms with Gasteiger partial charge in [0.15, 0.2) is 0 Å². The normalized spacial score (nSPS) is 15.5. The molecule has 0 bridgehead atoms. The molecule has 0 unspecified atom stereocenters. The number of hydrogen-bond donors (Lipinski definition) is 1. The van der Waals surface area contributed by atoms with E-state index >= 15 is 0 Å². The van der Waals surface area contributed by atoms with Crippen LogP contribution in [-0.2, 0) is 0 Å². The summed E-state index contributed by atoms with van der Waals surface area (Å²) in [6, 6.07) is 7.36. The smallest absolute Gasteiger partial charge is 0.135 e. The largest absolute Gasteiger partial charge is 0.356 e. The summed E-state index contributed by atoms with van der Waals surface area (Å²) in [5, 5.41) is 4.34. The summed E-state index contributed by atoms with van der Waals surface area (Å²) in [6.45, 7) is 2.09. The molecule has 4 nitrogen and oxygen atoms in total. The molecule has 1 fully saturated rings. The van der Waals surface area contributed by atoms with E-state index in [9.17, 15) is 0 Å². The van der Waals surface area contributed by atoms with Crippen LogP contribution in [0.25, 0.3) is 0 Å². The lowest BCUT2D eigenvalue weighted by Crippen LogP contribution is -2.25. The summed E-state index contributed by atoms with van der Waals surface area (Å²) in [5.74, 6) is 1.65. The molecule has 2 heterocycles. The van der Waals surface area contributed by atoms with E-state index in [1.807, 2.05) is 12.1 Å². The van der Waals surface area contributed by atoms with Crippen molar-refractivity contribution in [3.05, 3.63) is 40.6 Å². The van der Waals surface area contributed by atoms with Gasteiger partial charge in [-0.2, -0.15) is 0 Å². The second kappa shape index (κ2) is 7.16. The summed E-state index contributed by atoms with van der Waals surface area (Å²) in [7, 11) is 0. The molecule has 22 heavy (non-hydrogen) atoms. The van der Waals surface area contributed by atoms with Crippen LogP contribution in [0.5, 0.6) is 0 Å². The van der Waals surface area contributed by atoms with Gasteiger partial charge in [-0.1, -0.05) is 42.1 Å². The molecule has 3 rings (SSSR count). The number of para-hydroxylation sites is 1. The van der Waals surface area contributed by atoms with E-state index in [2.05, 4.69) is 20.2 Å². The minimum Gasteiger partial charge on any atom is -0.356 e. The Bertz CT molecular complexity index is 620. The third-order valence-corrected chi connectivity index (χ3v) is 4.43. The maximum Gasteiger partial charge on any atom is 0.135 e.